The average molecular weight is 669 g/mol. The van der Waals surface area contributed by atoms with Crippen molar-refractivity contribution in [2.24, 2.45) is 5.41 Å². The molecule has 0 radical (unpaired) electrons. The summed E-state index contributed by atoms with van der Waals surface area (Å²) in [6.45, 7) is 8.03. The number of carboxylic acid groups (broad SMARTS) is 1. The number of carboxylic acids is 1. The summed E-state index contributed by atoms with van der Waals surface area (Å²) in [6, 6.07) is 3.45. The van der Waals surface area contributed by atoms with Crippen LogP contribution in [0.1, 0.15) is 173 Å². The second-order valence-corrected chi connectivity index (χ2v) is 13.3. The molecule has 2 N–H and O–H groups in total. The number of aryl methyl sites for hydroxylation is 1. The van der Waals surface area contributed by atoms with Crippen LogP contribution >= 0.6 is 0 Å². The van der Waals surface area contributed by atoms with Crippen molar-refractivity contribution in [1.29, 1.82) is 0 Å². The van der Waals surface area contributed by atoms with Gasteiger partial charge in [0.05, 0.1) is 5.41 Å². The number of hydrogen-bond donors (Lipinski definition) is 2. The van der Waals surface area contributed by atoms with Crippen LogP contribution < -0.4 is 0 Å². The number of aliphatic carboxylic acids is 1. The first-order chi connectivity index (χ1) is 21.6. The molecule has 46 heavy (non-hydrogen) atoms. The first-order valence-electron chi connectivity index (χ1n) is 17.7. The van der Waals surface area contributed by atoms with Gasteiger partial charge in [0, 0.05) is 5.56 Å². The lowest BCUT2D eigenvalue weighted by Gasteiger charge is -2.30. The van der Waals surface area contributed by atoms with Crippen LogP contribution in [0.15, 0.2) is 24.3 Å². The van der Waals surface area contributed by atoms with E-state index in [0.717, 1.165) is 37.8 Å². The van der Waals surface area contributed by atoms with E-state index in [1.807, 2.05) is 6.92 Å². The third kappa shape index (κ3) is 17.4. The van der Waals surface area contributed by atoms with Crippen LogP contribution in [-0.2, 0) is 10.7 Å². The van der Waals surface area contributed by atoms with Crippen molar-refractivity contribution in [3.05, 3.63) is 35.4 Å². The van der Waals surface area contributed by atoms with Crippen LogP contribution in [-0.4, -0.2) is 28.2 Å². The van der Waals surface area contributed by atoms with Crippen molar-refractivity contribution in [3.63, 3.8) is 0 Å². The number of unbranched alkanes of at least 4 members (excludes halogenated alkanes) is 18. The van der Waals surface area contributed by atoms with Crippen LogP contribution in [0.5, 0.6) is 0 Å². The Morgan fingerprint density at radius 1 is 0.587 bits per heavy atom. The predicted molar refractivity (Wildman–Crippen MR) is 176 cm³/mol. The summed E-state index contributed by atoms with van der Waals surface area (Å²) in [6.07, 6.45) is 21.9. The molecule has 1 rings (SSSR count). The van der Waals surface area contributed by atoms with Crippen LogP contribution in [0.3, 0.4) is 0 Å². The Hall–Kier alpha value is -1.77. The van der Waals surface area contributed by atoms with Crippen molar-refractivity contribution < 1.29 is 41.4 Å². The zero-order chi connectivity index (χ0) is 35.1. The topological polar surface area (TPSA) is 57.5 Å². The predicted octanol–water partition coefficient (Wildman–Crippen LogP) is 13.0. The minimum absolute atomic E-state index is 0.500. The molecule has 0 fully saturated rings. The van der Waals surface area contributed by atoms with Crippen LogP contribution in [0.2, 0.25) is 0 Å². The van der Waals surface area contributed by atoms with Gasteiger partial charge in [0.25, 0.3) is 0 Å². The van der Waals surface area contributed by atoms with Gasteiger partial charge in [0.2, 0.25) is 0 Å². The van der Waals surface area contributed by atoms with E-state index in [1.165, 1.54) is 122 Å². The standard InChI is InChI=1S/C27H54O2.C10H8F6O/c1-4-6-8-10-12-14-16-18-20-22-24-27(3,26(28)29)25-23-21-19-17-15-13-11-9-7-5-2;1-6-2-4-7(5-3-6)8(11,12)9(13,17)10(14,15)16/h4-25H2,1-3H3,(H,28,29);2-5,17H,1H3. The molecule has 1 atom stereocenters. The average Bonchev–Trinajstić information content (AvgIpc) is 2.99. The molecular weight excluding hydrogens is 606 g/mol. The Morgan fingerprint density at radius 3 is 1.17 bits per heavy atom. The van der Waals surface area contributed by atoms with E-state index in [1.54, 1.807) is 0 Å². The van der Waals surface area contributed by atoms with Crippen LogP contribution in [0, 0.1) is 12.3 Å². The van der Waals surface area contributed by atoms with E-state index < -0.39 is 34.9 Å². The molecule has 0 heterocycles. The summed E-state index contributed by atoms with van der Waals surface area (Å²) in [4.78, 5) is 11.8. The van der Waals surface area contributed by atoms with Gasteiger partial charge in [-0.1, -0.05) is 172 Å². The summed E-state index contributed by atoms with van der Waals surface area (Å²) in [7, 11) is 0. The minimum atomic E-state index is -6.08. The molecule has 0 aromatic heterocycles. The van der Waals surface area contributed by atoms with Gasteiger partial charge in [-0.05, 0) is 26.7 Å². The maximum atomic E-state index is 13.2. The maximum absolute atomic E-state index is 13.2. The van der Waals surface area contributed by atoms with E-state index in [2.05, 4.69) is 13.8 Å². The Balaban J connectivity index is 0.00000100. The van der Waals surface area contributed by atoms with Crippen molar-refractivity contribution in [2.75, 3.05) is 0 Å². The second-order valence-electron chi connectivity index (χ2n) is 13.3. The minimum Gasteiger partial charge on any atom is -0.481 e. The van der Waals surface area contributed by atoms with Gasteiger partial charge in [-0.2, -0.15) is 26.3 Å². The molecule has 9 heteroatoms. The molecule has 0 spiro atoms. The highest BCUT2D eigenvalue weighted by Gasteiger charge is 2.71. The smallest absolute Gasteiger partial charge is 0.455 e. The highest BCUT2D eigenvalue weighted by molar-refractivity contribution is 5.74. The van der Waals surface area contributed by atoms with Crippen molar-refractivity contribution in [2.45, 2.75) is 187 Å². The summed E-state index contributed by atoms with van der Waals surface area (Å²) in [5, 5.41) is 18.1. The van der Waals surface area contributed by atoms with Crippen molar-refractivity contribution >= 4 is 5.97 Å². The number of aliphatic hydroxyl groups is 1. The summed E-state index contributed by atoms with van der Waals surface area (Å²) in [5.41, 5.74) is -1.23. The Labute approximate surface area is 274 Å². The Morgan fingerprint density at radius 2 is 0.891 bits per heavy atom. The third-order valence-corrected chi connectivity index (χ3v) is 8.89. The lowest BCUT2D eigenvalue weighted by Crippen LogP contribution is -2.53. The molecule has 0 amide bonds. The fraction of sp³-hybridized carbons (Fsp3) is 0.811. The molecule has 0 saturated carbocycles. The fourth-order valence-corrected chi connectivity index (χ4v) is 5.48. The Kier molecular flexibility index (Phi) is 22.6. The van der Waals surface area contributed by atoms with Gasteiger partial charge < -0.3 is 10.2 Å². The SMILES string of the molecule is CCCCCCCCCCCCC(C)(CCCCCCCCCCCC)C(=O)O.Cc1ccc(C(F)(F)C(O)(F)C(F)(F)F)cc1. The Bertz CT molecular complexity index is 875. The second kappa shape index (κ2) is 23.5. The lowest BCUT2D eigenvalue weighted by molar-refractivity contribution is -0.390. The number of halogens is 6. The van der Waals surface area contributed by atoms with E-state index in [-0.39, 0.29) is 0 Å². The molecule has 0 aliphatic heterocycles. The van der Waals surface area contributed by atoms with E-state index in [9.17, 15) is 36.2 Å². The molecule has 1 aromatic rings. The van der Waals surface area contributed by atoms with Gasteiger partial charge in [-0.3, -0.25) is 4.79 Å². The quantitative estimate of drug-likeness (QED) is 0.0805. The highest BCUT2D eigenvalue weighted by Crippen LogP contribution is 2.48. The summed E-state index contributed by atoms with van der Waals surface area (Å²) < 4.78 is 75.2. The number of hydrogen-bond acceptors (Lipinski definition) is 2. The van der Waals surface area contributed by atoms with Gasteiger partial charge >= 0.3 is 23.9 Å². The molecule has 0 saturated heterocycles. The van der Waals surface area contributed by atoms with Gasteiger partial charge in [0.1, 0.15) is 0 Å². The first kappa shape index (κ1) is 44.2. The van der Waals surface area contributed by atoms with Gasteiger partial charge in [-0.15, -0.1) is 0 Å². The zero-order valence-corrected chi connectivity index (χ0v) is 28.9. The number of alkyl halides is 6. The maximum Gasteiger partial charge on any atom is 0.455 e. The number of rotatable bonds is 25. The lowest BCUT2D eigenvalue weighted by atomic mass is 9.80. The molecule has 0 bridgehead atoms. The van der Waals surface area contributed by atoms with E-state index in [4.69, 9.17) is 5.11 Å². The summed E-state index contributed by atoms with van der Waals surface area (Å²) >= 11 is 0. The van der Waals surface area contributed by atoms with E-state index >= 15 is 0 Å². The first-order valence-corrected chi connectivity index (χ1v) is 17.7. The monoisotopic (exact) mass is 668 g/mol. The molecule has 3 nitrogen and oxygen atoms in total. The molecule has 1 aromatic carbocycles. The molecule has 1 unspecified atom stereocenters. The number of benzene rings is 1. The van der Waals surface area contributed by atoms with Gasteiger partial charge in [-0.25, -0.2) is 0 Å². The number of carbonyl (C=O) groups is 1. The van der Waals surface area contributed by atoms with Crippen LogP contribution in [0.25, 0.3) is 0 Å². The molecule has 0 aliphatic carbocycles. The molecule has 270 valence electrons. The fourth-order valence-electron chi connectivity index (χ4n) is 5.48. The zero-order valence-electron chi connectivity index (χ0n) is 28.9. The van der Waals surface area contributed by atoms with Crippen molar-refractivity contribution in [1.82, 2.24) is 0 Å². The summed E-state index contributed by atoms with van der Waals surface area (Å²) in [5.74, 6) is -11.3. The largest absolute Gasteiger partial charge is 0.481 e. The highest BCUT2D eigenvalue weighted by atomic mass is 19.4. The van der Waals surface area contributed by atoms with E-state index in [0.29, 0.717) is 17.7 Å². The molecule has 0 aliphatic rings. The van der Waals surface area contributed by atoms with Crippen molar-refractivity contribution in [3.8, 4) is 0 Å². The van der Waals surface area contributed by atoms with Gasteiger partial charge in [0.15, 0.2) is 0 Å². The third-order valence-electron chi connectivity index (χ3n) is 8.89. The molecular formula is C37H62F6O3. The normalized spacial score (nSPS) is 13.6. The van der Waals surface area contributed by atoms with Crippen LogP contribution in [0.4, 0.5) is 26.3 Å².